The van der Waals surface area contributed by atoms with E-state index in [4.69, 9.17) is 10.5 Å². The van der Waals surface area contributed by atoms with Gasteiger partial charge < -0.3 is 10.5 Å². The number of nitrogen functional groups attached to an aromatic ring is 1. The second-order valence-corrected chi connectivity index (χ2v) is 4.64. The first-order chi connectivity index (χ1) is 9.22. The summed E-state index contributed by atoms with van der Waals surface area (Å²) in [7, 11) is 1.84. The summed E-state index contributed by atoms with van der Waals surface area (Å²) in [6.07, 6.45) is 6.46. The highest BCUT2D eigenvalue weighted by atomic mass is 16.5. The lowest BCUT2D eigenvalue weighted by atomic mass is 10.2. The number of unbranched alkanes of at least 4 members (excludes halogenated alkanes) is 3. The van der Waals surface area contributed by atoms with Crippen LogP contribution in [0.3, 0.4) is 0 Å². The van der Waals surface area contributed by atoms with Gasteiger partial charge in [0.2, 0.25) is 0 Å². The van der Waals surface area contributed by atoms with Gasteiger partial charge >= 0.3 is 0 Å². The van der Waals surface area contributed by atoms with Gasteiger partial charge in [0, 0.05) is 13.7 Å². The summed E-state index contributed by atoms with van der Waals surface area (Å²) in [5.41, 5.74) is 6.63. The number of aromatic nitrogens is 4. The molecule has 104 valence electrons. The van der Waals surface area contributed by atoms with Crippen molar-refractivity contribution in [2.24, 2.45) is 7.05 Å². The van der Waals surface area contributed by atoms with Crippen LogP contribution in [0.1, 0.15) is 38.4 Å². The Morgan fingerprint density at radius 3 is 2.89 bits per heavy atom. The molecule has 0 bridgehead atoms. The number of nitrogens with two attached hydrogens (primary N) is 1. The van der Waals surface area contributed by atoms with Gasteiger partial charge in [-0.25, -0.2) is 9.97 Å². The normalized spacial score (nSPS) is 11.3. The van der Waals surface area contributed by atoms with Crippen molar-refractivity contribution >= 4 is 16.9 Å². The van der Waals surface area contributed by atoms with E-state index in [1.165, 1.54) is 19.3 Å². The molecule has 0 saturated carbocycles. The van der Waals surface area contributed by atoms with Gasteiger partial charge in [-0.3, -0.25) is 4.68 Å². The zero-order valence-electron chi connectivity index (χ0n) is 11.6. The average Bonchev–Trinajstić information content (AvgIpc) is 2.76. The Labute approximate surface area is 113 Å². The van der Waals surface area contributed by atoms with Crippen molar-refractivity contribution in [1.82, 2.24) is 19.7 Å². The highest BCUT2D eigenvalue weighted by molar-refractivity contribution is 5.84. The lowest BCUT2D eigenvalue weighted by molar-refractivity contribution is 0.112. The van der Waals surface area contributed by atoms with E-state index in [0.717, 1.165) is 24.1 Å². The molecule has 2 aromatic heterocycles. The van der Waals surface area contributed by atoms with E-state index in [9.17, 15) is 0 Å². The average molecular weight is 263 g/mol. The third-order valence-corrected chi connectivity index (χ3v) is 3.04. The van der Waals surface area contributed by atoms with E-state index in [1.807, 2.05) is 7.05 Å². The van der Waals surface area contributed by atoms with Gasteiger partial charge in [-0.15, -0.1) is 0 Å². The van der Waals surface area contributed by atoms with E-state index in [-0.39, 0.29) is 0 Å². The highest BCUT2D eigenvalue weighted by Crippen LogP contribution is 2.16. The Bertz CT molecular complexity index is 537. The predicted molar refractivity (Wildman–Crippen MR) is 74.5 cm³/mol. The molecule has 2 aromatic rings. The first kappa shape index (κ1) is 13.7. The predicted octanol–water partition coefficient (Wildman–Crippen LogP) is 2.04. The van der Waals surface area contributed by atoms with E-state index in [1.54, 1.807) is 10.9 Å². The summed E-state index contributed by atoms with van der Waals surface area (Å²) < 4.78 is 7.27. The molecule has 0 aromatic carbocycles. The molecule has 0 amide bonds. The van der Waals surface area contributed by atoms with Crippen LogP contribution in [0.25, 0.3) is 11.0 Å². The number of aryl methyl sites for hydroxylation is 1. The third kappa shape index (κ3) is 3.41. The first-order valence-corrected chi connectivity index (χ1v) is 6.74. The maximum Gasteiger partial charge on any atom is 0.163 e. The Morgan fingerprint density at radius 2 is 2.11 bits per heavy atom. The van der Waals surface area contributed by atoms with E-state index >= 15 is 0 Å². The van der Waals surface area contributed by atoms with Crippen molar-refractivity contribution < 1.29 is 4.74 Å². The fraction of sp³-hybridized carbons (Fsp3) is 0.615. The molecule has 0 unspecified atom stereocenters. The van der Waals surface area contributed by atoms with Crippen LogP contribution in [0, 0.1) is 0 Å². The van der Waals surface area contributed by atoms with E-state index in [0.29, 0.717) is 18.2 Å². The number of hydrogen-bond donors (Lipinski definition) is 1. The van der Waals surface area contributed by atoms with Crippen LogP contribution in [0.5, 0.6) is 0 Å². The Morgan fingerprint density at radius 1 is 1.26 bits per heavy atom. The summed E-state index contributed by atoms with van der Waals surface area (Å²) in [5.74, 6) is 1.08. The van der Waals surface area contributed by atoms with Crippen LogP contribution in [0.2, 0.25) is 0 Å². The van der Waals surface area contributed by atoms with Crippen LogP contribution < -0.4 is 5.73 Å². The number of fused-ring (bicyclic) bond motifs is 1. The second kappa shape index (κ2) is 6.47. The van der Waals surface area contributed by atoms with Crippen molar-refractivity contribution in [3.8, 4) is 0 Å². The molecule has 6 heteroatoms. The molecule has 2 N–H and O–H groups in total. The minimum Gasteiger partial charge on any atom is -0.383 e. The summed E-state index contributed by atoms with van der Waals surface area (Å²) in [4.78, 5) is 8.65. The maximum absolute atomic E-state index is 5.88. The number of nitrogens with zero attached hydrogens (tertiary/aromatic N) is 4. The largest absolute Gasteiger partial charge is 0.383 e. The smallest absolute Gasteiger partial charge is 0.163 e. The number of hydrogen-bond acceptors (Lipinski definition) is 5. The molecule has 0 atom stereocenters. The molecular formula is C13H21N5O. The van der Waals surface area contributed by atoms with E-state index < -0.39 is 0 Å². The minimum atomic E-state index is 0.400. The van der Waals surface area contributed by atoms with Crippen molar-refractivity contribution in [3.05, 3.63) is 12.0 Å². The molecule has 19 heavy (non-hydrogen) atoms. The Hall–Kier alpha value is -1.69. The quantitative estimate of drug-likeness (QED) is 0.773. The summed E-state index contributed by atoms with van der Waals surface area (Å²) in [6.45, 7) is 3.34. The fourth-order valence-corrected chi connectivity index (χ4v) is 1.95. The molecule has 0 saturated heterocycles. The van der Waals surface area contributed by atoms with Crippen molar-refractivity contribution in [1.29, 1.82) is 0 Å². The number of rotatable bonds is 7. The van der Waals surface area contributed by atoms with Gasteiger partial charge in [-0.1, -0.05) is 26.2 Å². The molecule has 0 aliphatic heterocycles. The molecule has 0 spiro atoms. The van der Waals surface area contributed by atoms with Crippen LogP contribution in [-0.4, -0.2) is 26.4 Å². The standard InChI is InChI=1S/C13H21N5O/c1-3-4-5-6-7-19-9-11-16-12(14)10-8-15-18(2)13(10)17-11/h8H,3-7,9H2,1-2H3,(H2,14,16,17). The van der Waals surface area contributed by atoms with Crippen molar-refractivity contribution in [2.45, 2.75) is 39.2 Å². The molecule has 2 rings (SSSR count). The first-order valence-electron chi connectivity index (χ1n) is 6.74. The molecule has 0 aliphatic carbocycles. The maximum atomic E-state index is 5.88. The van der Waals surface area contributed by atoms with Gasteiger partial charge in [-0.05, 0) is 6.42 Å². The van der Waals surface area contributed by atoms with Crippen molar-refractivity contribution in [3.63, 3.8) is 0 Å². The third-order valence-electron chi connectivity index (χ3n) is 3.04. The number of ether oxygens (including phenoxy) is 1. The zero-order chi connectivity index (χ0) is 13.7. The lowest BCUT2D eigenvalue weighted by Gasteiger charge is -2.05. The zero-order valence-corrected chi connectivity index (χ0v) is 11.6. The monoisotopic (exact) mass is 263 g/mol. The highest BCUT2D eigenvalue weighted by Gasteiger charge is 2.08. The molecule has 0 radical (unpaired) electrons. The van der Waals surface area contributed by atoms with Crippen LogP contribution in [0.4, 0.5) is 5.82 Å². The lowest BCUT2D eigenvalue weighted by Crippen LogP contribution is -2.05. The summed E-state index contributed by atoms with van der Waals surface area (Å²) >= 11 is 0. The van der Waals surface area contributed by atoms with Crippen LogP contribution in [-0.2, 0) is 18.4 Å². The molecular weight excluding hydrogens is 242 g/mol. The molecule has 0 fully saturated rings. The van der Waals surface area contributed by atoms with Gasteiger partial charge in [0.1, 0.15) is 12.4 Å². The van der Waals surface area contributed by atoms with Gasteiger partial charge in [0.05, 0.1) is 11.6 Å². The van der Waals surface area contributed by atoms with Crippen LogP contribution >= 0.6 is 0 Å². The second-order valence-electron chi connectivity index (χ2n) is 4.64. The SMILES string of the molecule is CCCCCCOCc1nc(N)c2cnn(C)c2n1. The van der Waals surface area contributed by atoms with Gasteiger partial charge in [0.15, 0.2) is 11.5 Å². The Balaban J connectivity index is 1.92. The van der Waals surface area contributed by atoms with Crippen molar-refractivity contribution in [2.75, 3.05) is 12.3 Å². The van der Waals surface area contributed by atoms with Gasteiger partial charge in [-0.2, -0.15) is 5.10 Å². The molecule has 6 nitrogen and oxygen atoms in total. The van der Waals surface area contributed by atoms with Crippen LogP contribution in [0.15, 0.2) is 6.20 Å². The fourth-order valence-electron chi connectivity index (χ4n) is 1.95. The molecule has 0 aliphatic rings. The topological polar surface area (TPSA) is 78.9 Å². The summed E-state index contributed by atoms with van der Waals surface area (Å²) in [6, 6.07) is 0. The number of anilines is 1. The van der Waals surface area contributed by atoms with E-state index in [2.05, 4.69) is 22.0 Å². The Kier molecular flexibility index (Phi) is 4.68. The minimum absolute atomic E-state index is 0.400. The summed E-state index contributed by atoms with van der Waals surface area (Å²) in [5, 5.41) is 4.91. The molecule has 2 heterocycles. The van der Waals surface area contributed by atoms with Gasteiger partial charge in [0.25, 0.3) is 0 Å².